The third kappa shape index (κ3) is 32.3. The summed E-state index contributed by atoms with van der Waals surface area (Å²) < 4.78 is 22.8. The van der Waals surface area contributed by atoms with Gasteiger partial charge in [-0.3, -0.25) is 4.79 Å². The lowest BCUT2D eigenvalue weighted by Gasteiger charge is -2.39. The topological polar surface area (TPSA) is 135 Å². The maximum atomic E-state index is 12.8. The normalized spacial score (nSPS) is 20.7. The third-order valence-corrected chi connectivity index (χ3v) is 10.7. The third-order valence-electron chi connectivity index (χ3n) is 10.7. The summed E-state index contributed by atoms with van der Waals surface area (Å²) in [5.74, 6) is -0.326. The lowest BCUT2D eigenvalue weighted by atomic mass is 9.99. The zero-order valence-electron chi connectivity index (χ0n) is 37.5. The summed E-state index contributed by atoms with van der Waals surface area (Å²) in [6.07, 6.45) is 45.3. The first-order valence-corrected chi connectivity index (χ1v) is 23.9. The van der Waals surface area contributed by atoms with Gasteiger partial charge in [0.1, 0.15) is 30.5 Å². The van der Waals surface area contributed by atoms with Crippen molar-refractivity contribution in [1.82, 2.24) is 0 Å². The van der Waals surface area contributed by atoms with E-state index in [1.165, 1.54) is 83.5 Å². The highest BCUT2D eigenvalue weighted by Crippen LogP contribution is 2.22. The van der Waals surface area contributed by atoms with Crippen LogP contribution in [-0.2, 0) is 23.7 Å². The van der Waals surface area contributed by atoms with Gasteiger partial charge in [0.05, 0.1) is 19.8 Å². The number of hydrogen-bond acceptors (Lipinski definition) is 9. The number of hydrogen-bond donors (Lipinski definition) is 4. The van der Waals surface area contributed by atoms with E-state index in [0.29, 0.717) is 13.0 Å². The van der Waals surface area contributed by atoms with E-state index in [0.717, 1.165) is 83.5 Å². The Morgan fingerprint density at radius 3 is 1.56 bits per heavy atom. The first kappa shape index (κ1) is 54.9. The van der Waals surface area contributed by atoms with Gasteiger partial charge < -0.3 is 39.4 Å². The molecule has 0 radical (unpaired) electrons. The largest absolute Gasteiger partial charge is 0.457 e. The molecule has 1 fully saturated rings. The molecular weight excluding hydrogens is 745 g/mol. The van der Waals surface area contributed by atoms with Crippen molar-refractivity contribution in [3.8, 4) is 0 Å². The first-order chi connectivity index (χ1) is 28.9. The average molecular weight is 833 g/mol. The molecule has 6 atom stereocenters. The maximum absolute atomic E-state index is 12.8. The van der Waals surface area contributed by atoms with Gasteiger partial charge in [0.15, 0.2) is 6.29 Å². The molecule has 1 aliphatic heterocycles. The van der Waals surface area contributed by atoms with Crippen molar-refractivity contribution in [2.24, 2.45) is 0 Å². The molecule has 0 aromatic heterocycles. The number of carbonyl (C=O) groups is 1. The Morgan fingerprint density at radius 1 is 0.559 bits per heavy atom. The number of rotatable bonds is 40. The molecule has 9 nitrogen and oxygen atoms in total. The molecule has 0 aliphatic carbocycles. The summed E-state index contributed by atoms with van der Waals surface area (Å²) in [6, 6.07) is 0. The maximum Gasteiger partial charge on any atom is 0.306 e. The minimum atomic E-state index is -1.54. The van der Waals surface area contributed by atoms with Gasteiger partial charge in [0, 0.05) is 13.0 Å². The monoisotopic (exact) mass is 833 g/mol. The van der Waals surface area contributed by atoms with Crippen LogP contribution in [0.4, 0.5) is 0 Å². The lowest BCUT2D eigenvalue weighted by Crippen LogP contribution is -2.59. The van der Waals surface area contributed by atoms with Crippen LogP contribution in [0.5, 0.6) is 0 Å². The molecule has 0 aromatic carbocycles. The smallest absolute Gasteiger partial charge is 0.306 e. The van der Waals surface area contributed by atoms with Gasteiger partial charge in [-0.25, -0.2) is 0 Å². The van der Waals surface area contributed by atoms with Crippen LogP contribution in [0.15, 0.2) is 60.8 Å². The van der Waals surface area contributed by atoms with E-state index in [1.54, 1.807) is 0 Å². The predicted molar refractivity (Wildman–Crippen MR) is 242 cm³/mol. The molecule has 0 bridgehead atoms. The second kappa shape index (κ2) is 41.3. The van der Waals surface area contributed by atoms with Gasteiger partial charge in [-0.1, -0.05) is 164 Å². The van der Waals surface area contributed by atoms with Crippen molar-refractivity contribution in [1.29, 1.82) is 0 Å². The molecule has 0 amide bonds. The van der Waals surface area contributed by atoms with E-state index in [4.69, 9.17) is 18.9 Å². The van der Waals surface area contributed by atoms with E-state index >= 15 is 0 Å². The summed E-state index contributed by atoms with van der Waals surface area (Å²) in [5.41, 5.74) is 0. The number of unbranched alkanes of at least 4 members (excludes halogenated alkanes) is 19. The van der Waals surface area contributed by atoms with E-state index in [1.807, 2.05) is 0 Å². The quantitative estimate of drug-likeness (QED) is 0.0270. The molecule has 0 aromatic rings. The zero-order chi connectivity index (χ0) is 42.9. The Labute approximate surface area is 360 Å². The molecule has 342 valence electrons. The van der Waals surface area contributed by atoms with Crippen molar-refractivity contribution < 1.29 is 44.2 Å². The van der Waals surface area contributed by atoms with E-state index in [2.05, 4.69) is 74.6 Å². The van der Waals surface area contributed by atoms with Crippen molar-refractivity contribution in [2.75, 3.05) is 26.4 Å². The second-order valence-corrected chi connectivity index (χ2v) is 16.2. The highest BCUT2D eigenvalue weighted by molar-refractivity contribution is 5.69. The Morgan fingerprint density at radius 2 is 1.03 bits per heavy atom. The molecule has 9 heteroatoms. The van der Waals surface area contributed by atoms with Crippen LogP contribution in [-0.4, -0.2) is 89.6 Å². The Hall–Kier alpha value is -2.11. The highest BCUT2D eigenvalue weighted by atomic mass is 16.7. The number of carbonyl (C=O) groups excluding carboxylic acids is 1. The summed E-state index contributed by atoms with van der Waals surface area (Å²) in [5, 5.41) is 40.2. The summed E-state index contributed by atoms with van der Waals surface area (Å²) in [4.78, 5) is 12.8. The Bertz CT molecular complexity index is 1080. The number of aliphatic hydroxyl groups is 4. The molecular formula is C50H88O9. The van der Waals surface area contributed by atoms with Gasteiger partial charge in [-0.15, -0.1) is 0 Å². The van der Waals surface area contributed by atoms with Gasteiger partial charge in [0.2, 0.25) is 0 Å². The molecule has 59 heavy (non-hydrogen) atoms. The first-order valence-electron chi connectivity index (χ1n) is 23.9. The van der Waals surface area contributed by atoms with Crippen LogP contribution < -0.4 is 0 Å². The number of allylic oxidation sites excluding steroid dienone is 10. The van der Waals surface area contributed by atoms with Gasteiger partial charge in [-0.05, 0) is 77.0 Å². The fourth-order valence-electron chi connectivity index (χ4n) is 6.95. The highest BCUT2D eigenvalue weighted by Gasteiger charge is 2.44. The molecule has 0 saturated carbocycles. The lowest BCUT2D eigenvalue weighted by molar-refractivity contribution is -0.305. The molecule has 1 aliphatic rings. The van der Waals surface area contributed by atoms with Crippen molar-refractivity contribution >= 4 is 5.97 Å². The summed E-state index contributed by atoms with van der Waals surface area (Å²) in [7, 11) is 0. The van der Waals surface area contributed by atoms with Crippen LogP contribution in [0, 0.1) is 0 Å². The van der Waals surface area contributed by atoms with Crippen molar-refractivity contribution in [3.05, 3.63) is 60.8 Å². The van der Waals surface area contributed by atoms with Crippen molar-refractivity contribution in [2.45, 2.75) is 224 Å². The molecule has 0 spiro atoms. The van der Waals surface area contributed by atoms with Crippen molar-refractivity contribution in [3.63, 3.8) is 0 Å². The fourth-order valence-corrected chi connectivity index (χ4v) is 6.95. The summed E-state index contributed by atoms with van der Waals surface area (Å²) in [6.45, 7) is 4.41. The van der Waals surface area contributed by atoms with E-state index in [9.17, 15) is 25.2 Å². The molecule has 4 N–H and O–H groups in total. The van der Waals surface area contributed by atoms with Crippen LogP contribution in [0.2, 0.25) is 0 Å². The standard InChI is InChI=1S/C50H88O9/c1-3-5-7-9-11-13-15-17-19-21-23-25-27-29-31-33-35-37-39-46(52)58-44(43-57-50-49(55)48(54)47(53)45(41-51)59-50)42-56-40-38-36-34-32-30-28-26-24-22-20-18-16-14-12-10-8-6-4-2/h6,8,12-15,18-21,44-45,47-51,53-55H,3-5,7,9-11,16-17,22-43H2,1-2H3/b8-6-,14-12-,15-13-,20-18-,21-19-. The second-order valence-electron chi connectivity index (χ2n) is 16.2. The number of aliphatic hydroxyl groups excluding tert-OH is 4. The Kier molecular flexibility index (Phi) is 38.4. The average Bonchev–Trinajstić information content (AvgIpc) is 3.24. The van der Waals surface area contributed by atoms with E-state index in [-0.39, 0.29) is 19.2 Å². The summed E-state index contributed by atoms with van der Waals surface area (Å²) >= 11 is 0. The van der Waals surface area contributed by atoms with Crippen LogP contribution in [0.3, 0.4) is 0 Å². The van der Waals surface area contributed by atoms with Gasteiger partial charge in [-0.2, -0.15) is 0 Å². The molecule has 1 saturated heterocycles. The van der Waals surface area contributed by atoms with Gasteiger partial charge in [0.25, 0.3) is 0 Å². The molecule has 1 heterocycles. The Balaban J connectivity index is 2.25. The molecule has 1 rings (SSSR count). The van der Waals surface area contributed by atoms with Crippen LogP contribution >= 0.6 is 0 Å². The van der Waals surface area contributed by atoms with Crippen LogP contribution in [0.25, 0.3) is 0 Å². The minimum absolute atomic E-state index is 0.122. The number of esters is 1. The SMILES string of the molecule is CC/C=C\C/C=C\C/C=C\CCCCCCCCCCOCC(COC1OC(CO)C(O)C(O)C1O)OC(=O)CCCCCCCCC/C=C\C/C=C\CCCCCC. The van der Waals surface area contributed by atoms with Crippen LogP contribution in [0.1, 0.15) is 187 Å². The molecule has 6 unspecified atom stereocenters. The van der Waals surface area contributed by atoms with Gasteiger partial charge >= 0.3 is 5.97 Å². The number of ether oxygens (including phenoxy) is 4. The zero-order valence-corrected chi connectivity index (χ0v) is 37.5. The predicted octanol–water partition coefficient (Wildman–Crippen LogP) is 11.1. The minimum Gasteiger partial charge on any atom is -0.457 e. The fraction of sp³-hybridized carbons (Fsp3) is 0.780. The van der Waals surface area contributed by atoms with E-state index < -0.39 is 43.4 Å².